The molecule has 0 aliphatic heterocycles. The Labute approximate surface area is 113 Å². The highest BCUT2D eigenvalue weighted by Gasteiger charge is 2.64. The van der Waals surface area contributed by atoms with Crippen LogP contribution in [-0.4, -0.2) is 17.5 Å². The van der Waals surface area contributed by atoms with E-state index in [1.54, 1.807) is 12.1 Å². The molecule has 7 heteroatoms. The molecule has 0 aromatic heterocycles. The standard InChI is InChI=1S/C12H12F3N3S/c13-12(14,15)11(5-6-11)9-3-1-8(2-4-9)7-17-18-10(16)19/h1-4,7H,5-6H2,(H3,16,18,19). The molecule has 0 atom stereocenters. The molecule has 1 aliphatic rings. The molecule has 0 saturated heterocycles. The van der Waals surface area contributed by atoms with E-state index in [1.807, 2.05) is 0 Å². The van der Waals surface area contributed by atoms with Crippen molar-refractivity contribution in [3.63, 3.8) is 0 Å². The van der Waals surface area contributed by atoms with Crippen molar-refractivity contribution >= 4 is 23.5 Å². The van der Waals surface area contributed by atoms with Gasteiger partial charge in [0, 0.05) is 0 Å². The van der Waals surface area contributed by atoms with Gasteiger partial charge >= 0.3 is 6.18 Å². The Morgan fingerprint density at radius 1 is 1.32 bits per heavy atom. The molecule has 0 spiro atoms. The number of benzene rings is 1. The Morgan fingerprint density at radius 3 is 2.32 bits per heavy atom. The summed E-state index contributed by atoms with van der Waals surface area (Å²) < 4.78 is 38.7. The Hall–Kier alpha value is -1.63. The normalized spacial score (nSPS) is 17.4. The molecule has 1 aromatic rings. The minimum absolute atomic E-state index is 0.0295. The van der Waals surface area contributed by atoms with Gasteiger partial charge < -0.3 is 5.73 Å². The highest BCUT2D eigenvalue weighted by atomic mass is 32.1. The summed E-state index contributed by atoms with van der Waals surface area (Å²) in [6.45, 7) is 0. The van der Waals surface area contributed by atoms with Crippen LogP contribution in [0.1, 0.15) is 24.0 Å². The first-order valence-electron chi connectivity index (χ1n) is 5.61. The lowest BCUT2D eigenvalue weighted by Crippen LogP contribution is -2.28. The number of hydrogen-bond donors (Lipinski definition) is 2. The van der Waals surface area contributed by atoms with Crippen molar-refractivity contribution < 1.29 is 13.2 Å². The maximum absolute atomic E-state index is 12.9. The molecule has 102 valence electrons. The van der Waals surface area contributed by atoms with E-state index in [2.05, 4.69) is 22.7 Å². The number of alkyl halides is 3. The second-order valence-electron chi connectivity index (χ2n) is 4.44. The summed E-state index contributed by atoms with van der Waals surface area (Å²) in [5.41, 5.74) is 6.89. The summed E-state index contributed by atoms with van der Waals surface area (Å²) in [6, 6.07) is 6.16. The van der Waals surface area contributed by atoms with Gasteiger partial charge in [-0.2, -0.15) is 18.3 Å². The topological polar surface area (TPSA) is 50.4 Å². The van der Waals surface area contributed by atoms with Crippen LogP contribution in [0.2, 0.25) is 0 Å². The Kier molecular flexibility index (Phi) is 3.49. The van der Waals surface area contributed by atoms with Crippen molar-refractivity contribution in [1.29, 1.82) is 0 Å². The van der Waals surface area contributed by atoms with Crippen molar-refractivity contribution in [2.45, 2.75) is 24.4 Å². The van der Waals surface area contributed by atoms with Gasteiger partial charge in [0.1, 0.15) is 0 Å². The summed E-state index contributed by atoms with van der Waals surface area (Å²) in [4.78, 5) is 0. The van der Waals surface area contributed by atoms with E-state index in [0.29, 0.717) is 11.1 Å². The zero-order valence-electron chi connectivity index (χ0n) is 9.87. The first kappa shape index (κ1) is 13.8. The Morgan fingerprint density at radius 2 is 1.89 bits per heavy atom. The van der Waals surface area contributed by atoms with Crippen LogP contribution < -0.4 is 11.2 Å². The highest BCUT2D eigenvalue weighted by Crippen LogP contribution is 2.58. The van der Waals surface area contributed by atoms with E-state index in [4.69, 9.17) is 5.73 Å². The fraction of sp³-hybridized carbons (Fsp3) is 0.333. The molecule has 1 saturated carbocycles. The number of nitrogens with zero attached hydrogens (tertiary/aromatic N) is 1. The van der Waals surface area contributed by atoms with E-state index >= 15 is 0 Å². The molecule has 0 radical (unpaired) electrons. The quantitative estimate of drug-likeness (QED) is 0.510. The number of hydrogen-bond acceptors (Lipinski definition) is 2. The summed E-state index contributed by atoms with van der Waals surface area (Å²) in [5.74, 6) is 0. The van der Waals surface area contributed by atoms with Gasteiger partial charge in [0.15, 0.2) is 5.11 Å². The van der Waals surface area contributed by atoms with E-state index in [1.165, 1.54) is 18.3 Å². The van der Waals surface area contributed by atoms with Gasteiger partial charge in [-0.15, -0.1) is 0 Å². The molecule has 0 bridgehead atoms. The number of halogens is 3. The first-order valence-corrected chi connectivity index (χ1v) is 6.02. The third-order valence-electron chi connectivity index (χ3n) is 3.14. The lowest BCUT2D eigenvalue weighted by Gasteiger charge is -2.19. The zero-order valence-corrected chi connectivity index (χ0v) is 10.7. The maximum Gasteiger partial charge on any atom is 0.398 e. The molecule has 1 aromatic carbocycles. The Bertz CT molecular complexity index is 504. The monoisotopic (exact) mass is 287 g/mol. The van der Waals surface area contributed by atoms with Gasteiger partial charge in [0.05, 0.1) is 11.6 Å². The molecular weight excluding hydrogens is 275 g/mol. The molecule has 0 unspecified atom stereocenters. The van der Waals surface area contributed by atoms with Crippen LogP contribution in [0.25, 0.3) is 0 Å². The summed E-state index contributed by atoms with van der Waals surface area (Å²) in [5, 5.41) is 3.76. The molecule has 1 fully saturated rings. The fourth-order valence-electron chi connectivity index (χ4n) is 1.92. The van der Waals surface area contributed by atoms with Gasteiger partial charge in [-0.3, -0.25) is 5.43 Å². The molecular formula is C12H12F3N3S. The minimum atomic E-state index is -4.18. The van der Waals surface area contributed by atoms with E-state index in [0.717, 1.165) is 0 Å². The SMILES string of the molecule is NC(=S)NN=Cc1ccc(C2(C(F)(F)F)CC2)cc1. The molecule has 2 rings (SSSR count). The number of hydrazone groups is 1. The highest BCUT2D eigenvalue weighted by molar-refractivity contribution is 7.80. The van der Waals surface area contributed by atoms with Crippen LogP contribution in [0.4, 0.5) is 13.2 Å². The summed E-state index contributed by atoms with van der Waals surface area (Å²) >= 11 is 4.56. The fourth-order valence-corrected chi connectivity index (χ4v) is 1.97. The number of nitrogens with two attached hydrogens (primary N) is 1. The second-order valence-corrected chi connectivity index (χ2v) is 4.88. The number of rotatable bonds is 3. The predicted octanol–water partition coefficient (Wildman–Crippen LogP) is 2.45. The second kappa shape index (κ2) is 4.80. The lowest BCUT2D eigenvalue weighted by molar-refractivity contribution is -0.160. The zero-order chi connectivity index (χ0) is 14.1. The van der Waals surface area contributed by atoms with Crippen molar-refractivity contribution in [1.82, 2.24) is 5.43 Å². The van der Waals surface area contributed by atoms with Crippen LogP contribution in [0.5, 0.6) is 0 Å². The molecule has 0 heterocycles. The van der Waals surface area contributed by atoms with Crippen LogP contribution in [0, 0.1) is 0 Å². The van der Waals surface area contributed by atoms with Gasteiger partial charge in [-0.05, 0) is 36.2 Å². The van der Waals surface area contributed by atoms with Gasteiger partial charge in [-0.1, -0.05) is 24.3 Å². The molecule has 19 heavy (non-hydrogen) atoms. The van der Waals surface area contributed by atoms with Crippen LogP contribution in [0.15, 0.2) is 29.4 Å². The third kappa shape index (κ3) is 2.86. The predicted molar refractivity (Wildman–Crippen MR) is 70.9 cm³/mol. The van der Waals surface area contributed by atoms with Gasteiger partial charge in [0.2, 0.25) is 0 Å². The smallest absolute Gasteiger partial charge is 0.375 e. The molecule has 3 N–H and O–H groups in total. The lowest BCUT2D eigenvalue weighted by atomic mass is 9.94. The van der Waals surface area contributed by atoms with E-state index in [-0.39, 0.29) is 18.0 Å². The van der Waals surface area contributed by atoms with Crippen LogP contribution >= 0.6 is 12.2 Å². The average molecular weight is 287 g/mol. The third-order valence-corrected chi connectivity index (χ3v) is 3.24. The van der Waals surface area contributed by atoms with Crippen molar-refractivity contribution in [2.75, 3.05) is 0 Å². The molecule has 0 amide bonds. The van der Waals surface area contributed by atoms with Crippen LogP contribution in [0.3, 0.4) is 0 Å². The van der Waals surface area contributed by atoms with Gasteiger partial charge in [-0.25, -0.2) is 0 Å². The first-order chi connectivity index (χ1) is 8.85. The largest absolute Gasteiger partial charge is 0.398 e. The number of thiocarbonyl (C=S) groups is 1. The average Bonchev–Trinajstić information content (AvgIpc) is 3.10. The molecule has 3 nitrogen and oxygen atoms in total. The summed E-state index contributed by atoms with van der Waals surface area (Å²) in [7, 11) is 0. The maximum atomic E-state index is 12.9. The van der Waals surface area contributed by atoms with Crippen molar-refractivity contribution in [2.24, 2.45) is 10.8 Å². The van der Waals surface area contributed by atoms with Gasteiger partial charge in [0.25, 0.3) is 0 Å². The number of nitrogens with one attached hydrogen (secondary N) is 1. The van der Waals surface area contributed by atoms with Crippen molar-refractivity contribution in [3.05, 3.63) is 35.4 Å². The molecule has 1 aliphatic carbocycles. The Balaban J connectivity index is 2.12. The summed E-state index contributed by atoms with van der Waals surface area (Å²) in [6.07, 6.45) is -2.42. The van der Waals surface area contributed by atoms with E-state index < -0.39 is 11.6 Å². The van der Waals surface area contributed by atoms with Crippen molar-refractivity contribution in [3.8, 4) is 0 Å². The van der Waals surface area contributed by atoms with E-state index in [9.17, 15) is 13.2 Å². The van der Waals surface area contributed by atoms with Crippen LogP contribution in [-0.2, 0) is 5.41 Å². The minimum Gasteiger partial charge on any atom is -0.375 e.